The Hall–Kier alpha value is -3.37. The molecule has 5 aromatic rings. The van der Waals surface area contributed by atoms with Crippen molar-refractivity contribution in [3.05, 3.63) is 152 Å². The second kappa shape index (κ2) is 13.6. The van der Waals surface area contributed by atoms with Crippen molar-refractivity contribution in [3.8, 4) is 0 Å². The summed E-state index contributed by atoms with van der Waals surface area (Å²) in [5, 5.41) is 5.88. The lowest BCUT2D eigenvalue weighted by Gasteiger charge is -2.42. The van der Waals surface area contributed by atoms with Gasteiger partial charge in [0.1, 0.15) is 10.5 Å². The average Bonchev–Trinajstić information content (AvgIpc) is 3.00. The van der Waals surface area contributed by atoms with Gasteiger partial charge >= 0.3 is 8.56 Å². The fraction of sp³-hybridized carbons (Fsp3) is 0.0909. The molecule has 0 aliphatic heterocycles. The van der Waals surface area contributed by atoms with Gasteiger partial charge in [-0.15, -0.1) is 0 Å². The topological polar surface area (TPSA) is 21.7 Å². The zero-order valence-electron chi connectivity index (χ0n) is 23.2. The monoisotopic (exact) mass is 563 g/mol. The third-order valence-corrected chi connectivity index (χ3v) is 16.7. The Morgan fingerprint density at radius 3 is 0.897 bits per heavy atom. The molecule has 6 heteroatoms. The van der Waals surface area contributed by atoms with Crippen LogP contribution in [-0.4, -0.2) is 53.4 Å². The van der Waals surface area contributed by atoms with Gasteiger partial charge in [-0.1, -0.05) is 152 Å². The molecule has 5 aromatic carbocycles. The van der Waals surface area contributed by atoms with E-state index in [2.05, 4.69) is 152 Å². The first-order valence-electron chi connectivity index (χ1n) is 13.2. The molecule has 0 fully saturated rings. The fourth-order valence-electron chi connectivity index (χ4n) is 4.79. The summed E-state index contributed by atoms with van der Waals surface area (Å²) in [4.78, 5) is 2.00. The normalized spacial score (nSPS) is 11.6. The van der Waals surface area contributed by atoms with Crippen LogP contribution in [-0.2, 0) is 8.23 Å². The molecule has 39 heavy (non-hydrogen) atoms. The first-order chi connectivity index (χ1) is 19.0. The maximum absolute atomic E-state index is 7.80. The molecule has 0 aliphatic carbocycles. The summed E-state index contributed by atoms with van der Waals surface area (Å²) in [6.45, 7) is 0. The van der Waals surface area contributed by atoms with E-state index >= 15 is 0 Å². The van der Waals surface area contributed by atoms with Crippen molar-refractivity contribution in [1.82, 2.24) is 4.90 Å². The van der Waals surface area contributed by atoms with Gasteiger partial charge in [-0.3, -0.25) is 0 Å². The maximum Gasteiger partial charge on any atom is 0.386 e. The number of benzene rings is 5. The summed E-state index contributed by atoms with van der Waals surface area (Å²) in [5.41, 5.74) is 0. The van der Waals surface area contributed by atoms with Gasteiger partial charge in [0.2, 0.25) is 0 Å². The van der Waals surface area contributed by atoms with Crippen molar-refractivity contribution in [2.24, 2.45) is 0 Å². The Balaban J connectivity index is 0.000000826. The van der Waals surface area contributed by atoms with Crippen molar-refractivity contribution in [2.75, 3.05) is 21.1 Å². The number of hydrogen-bond acceptors (Lipinski definition) is 3. The molecular formula is C33H37NO2Si3. The molecule has 0 N–H and O–H groups in total. The molecule has 0 spiro atoms. The van der Waals surface area contributed by atoms with E-state index in [0.29, 0.717) is 10.5 Å². The summed E-state index contributed by atoms with van der Waals surface area (Å²) < 4.78 is 14.5. The lowest BCUT2D eigenvalue weighted by atomic mass is 10.3. The van der Waals surface area contributed by atoms with E-state index in [4.69, 9.17) is 8.23 Å². The second-order valence-electron chi connectivity index (χ2n) is 9.78. The first kappa shape index (κ1) is 28.6. The highest BCUT2D eigenvalue weighted by molar-refractivity contribution is 7.13. The van der Waals surface area contributed by atoms with E-state index in [1.54, 1.807) is 0 Å². The molecule has 0 heterocycles. The Morgan fingerprint density at radius 1 is 0.436 bits per heavy atom. The molecule has 0 amide bonds. The van der Waals surface area contributed by atoms with Crippen molar-refractivity contribution >= 4 is 53.3 Å². The quantitative estimate of drug-likeness (QED) is 0.214. The summed E-state index contributed by atoms with van der Waals surface area (Å²) >= 11 is 0. The van der Waals surface area contributed by atoms with Crippen LogP contribution in [0.4, 0.5) is 0 Å². The van der Waals surface area contributed by atoms with Gasteiger partial charge in [0, 0.05) is 0 Å². The van der Waals surface area contributed by atoms with Crippen LogP contribution in [0.3, 0.4) is 0 Å². The predicted octanol–water partition coefficient (Wildman–Crippen LogP) is 2.40. The van der Waals surface area contributed by atoms with Gasteiger partial charge < -0.3 is 13.1 Å². The molecular weight excluding hydrogens is 527 g/mol. The summed E-state index contributed by atoms with van der Waals surface area (Å²) in [5.74, 6) is 0. The average molecular weight is 564 g/mol. The summed E-state index contributed by atoms with van der Waals surface area (Å²) in [6.07, 6.45) is 0. The Kier molecular flexibility index (Phi) is 10.00. The van der Waals surface area contributed by atoms with Crippen LogP contribution in [0.25, 0.3) is 0 Å². The van der Waals surface area contributed by atoms with Crippen LogP contribution in [0.5, 0.6) is 0 Å². The Morgan fingerprint density at radius 2 is 0.667 bits per heavy atom. The first-order valence-corrected chi connectivity index (χ1v) is 17.7. The van der Waals surface area contributed by atoms with E-state index in [-0.39, 0.29) is 0 Å². The fourth-order valence-corrected chi connectivity index (χ4v) is 16.4. The van der Waals surface area contributed by atoms with Gasteiger partial charge in [0.05, 0.1) is 0 Å². The van der Waals surface area contributed by atoms with Crippen LogP contribution in [0.2, 0.25) is 0 Å². The van der Waals surface area contributed by atoms with Crippen LogP contribution in [0.1, 0.15) is 0 Å². The van der Waals surface area contributed by atoms with Crippen LogP contribution in [0, 0.1) is 0 Å². The lowest BCUT2D eigenvalue weighted by molar-refractivity contribution is 0.447. The minimum absolute atomic E-state index is 0.555. The van der Waals surface area contributed by atoms with Gasteiger partial charge in [-0.2, -0.15) is 0 Å². The molecule has 0 saturated carbocycles. The van der Waals surface area contributed by atoms with Crippen LogP contribution >= 0.6 is 0 Å². The lowest BCUT2D eigenvalue weighted by Crippen LogP contribution is -2.78. The van der Waals surface area contributed by atoms with Gasteiger partial charge in [0.15, 0.2) is 0 Å². The molecule has 0 bridgehead atoms. The number of hydrogen-bond donors (Lipinski definition) is 0. The Labute approximate surface area is 238 Å². The molecule has 0 aromatic heterocycles. The van der Waals surface area contributed by atoms with E-state index in [9.17, 15) is 0 Å². The molecule has 0 radical (unpaired) electrons. The maximum atomic E-state index is 7.80. The van der Waals surface area contributed by atoms with Gasteiger partial charge in [-0.25, -0.2) is 0 Å². The van der Waals surface area contributed by atoms with Crippen molar-refractivity contribution in [3.63, 3.8) is 0 Å². The van der Waals surface area contributed by atoms with Gasteiger partial charge in [-0.05, 0) is 47.1 Å². The van der Waals surface area contributed by atoms with Crippen molar-refractivity contribution in [2.45, 2.75) is 0 Å². The molecule has 0 unspecified atom stereocenters. The number of nitrogens with zero attached hydrogens (tertiary/aromatic N) is 1. The highest BCUT2D eigenvalue weighted by Gasteiger charge is 2.52. The molecule has 0 atom stereocenters. The Bertz CT molecular complexity index is 1250. The third-order valence-electron chi connectivity index (χ3n) is 6.43. The molecule has 5 rings (SSSR count). The van der Waals surface area contributed by atoms with E-state index in [0.717, 1.165) is 10.4 Å². The molecule has 0 aliphatic rings. The SMILES string of the molecule is CN(C)C.[SiH3]O[Si](O[Si](c1ccccc1)(c1ccccc1)c1ccccc1)(c1ccccc1)c1ccccc1. The second-order valence-corrected chi connectivity index (χ2v) is 17.7. The summed E-state index contributed by atoms with van der Waals surface area (Å²) in [7, 11) is 0.486. The highest BCUT2D eigenvalue weighted by Crippen LogP contribution is 2.18. The zero-order chi connectivity index (χ0) is 27.6. The highest BCUT2D eigenvalue weighted by atomic mass is 28.5. The van der Waals surface area contributed by atoms with E-state index < -0.39 is 16.9 Å². The third kappa shape index (κ3) is 6.45. The van der Waals surface area contributed by atoms with Crippen LogP contribution < -0.4 is 25.9 Å². The van der Waals surface area contributed by atoms with E-state index in [1.807, 2.05) is 26.0 Å². The smallest absolute Gasteiger partial charge is 0.386 e. The van der Waals surface area contributed by atoms with E-state index in [1.165, 1.54) is 15.6 Å². The van der Waals surface area contributed by atoms with Crippen molar-refractivity contribution in [1.29, 1.82) is 0 Å². The number of rotatable bonds is 8. The zero-order valence-corrected chi connectivity index (χ0v) is 27.2. The minimum atomic E-state index is -3.08. The predicted molar refractivity (Wildman–Crippen MR) is 174 cm³/mol. The van der Waals surface area contributed by atoms with Gasteiger partial charge in [0.25, 0.3) is 8.32 Å². The standard InChI is InChI=1S/C30H28O2Si3.C3H9N/c33-31-35(29-22-12-4-13-23-29,30-24-14-5-15-25-30)32-34(26-16-6-1-7-17-26,27-18-8-2-9-19-27)28-20-10-3-11-21-28;1-4(2)3/h1-25H,33H3;1-3H3. The largest absolute Gasteiger partial charge is 0.439 e. The summed E-state index contributed by atoms with van der Waals surface area (Å²) in [6, 6.07) is 53.3. The molecule has 3 nitrogen and oxygen atoms in total. The minimum Gasteiger partial charge on any atom is -0.439 e. The van der Waals surface area contributed by atoms with Crippen molar-refractivity contribution < 1.29 is 8.23 Å². The van der Waals surface area contributed by atoms with Crippen LogP contribution in [0.15, 0.2) is 152 Å². The molecule has 0 saturated heterocycles. The molecule has 198 valence electrons.